The van der Waals surface area contributed by atoms with Crippen molar-refractivity contribution in [3.63, 3.8) is 0 Å². The van der Waals surface area contributed by atoms with E-state index in [0.29, 0.717) is 16.2 Å². The van der Waals surface area contributed by atoms with E-state index in [4.69, 9.17) is 11.6 Å². The molecule has 4 bridgehead atoms. The van der Waals surface area contributed by atoms with E-state index in [0.717, 1.165) is 5.92 Å². The van der Waals surface area contributed by atoms with Crippen molar-refractivity contribution in [1.29, 1.82) is 0 Å². The summed E-state index contributed by atoms with van der Waals surface area (Å²) >= 11 is 9.12. The zero-order valence-electron chi connectivity index (χ0n) is 13.8. The maximum absolute atomic E-state index is 7.18. The maximum Gasteiger partial charge on any atom is 0.0737 e. The SMILES string of the molecule is Cc1cc(C)c(C(Cl)C23CC4CC(C)(CC(C)(C4)C2)C3)s1. The molecule has 4 saturated carbocycles. The molecule has 0 N–H and O–H groups in total. The smallest absolute Gasteiger partial charge is 0.0737 e. The van der Waals surface area contributed by atoms with E-state index >= 15 is 0 Å². The first-order chi connectivity index (χ1) is 9.73. The van der Waals surface area contributed by atoms with E-state index in [1.54, 1.807) is 0 Å². The largest absolute Gasteiger partial charge is 0.144 e. The van der Waals surface area contributed by atoms with Gasteiger partial charge in [-0.3, -0.25) is 0 Å². The molecule has 1 heterocycles. The molecular weight excluding hydrogens is 296 g/mol. The molecule has 1 aromatic rings. The zero-order chi connectivity index (χ0) is 15.0. The highest BCUT2D eigenvalue weighted by Gasteiger charge is 2.62. The van der Waals surface area contributed by atoms with Crippen LogP contribution >= 0.6 is 22.9 Å². The van der Waals surface area contributed by atoms with Crippen molar-refractivity contribution >= 4 is 22.9 Å². The van der Waals surface area contributed by atoms with Gasteiger partial charge in [0.2, 0.25) is 0 Å². The molecule has 4 aliphatic carbocycles. The first-order valence-electron chi connectivity index (χ1n) is 8.44. The normalized spacial score (nSPS) is 46.0. The van der Waals surface area contributed by atoms with E-state index < -0.39 is 0 Å². The van der Waals surface area contributed by atoms with Crippen molar-refractivity contribution in [2.75, 3.05) is 0 Å². The summed E-state index contributed by atoms with van der Waals surface area (Å²) in [5.74, 6) is 0.930. The van der Waals surface area contributed by atoms with Gasteiger partial charge in [-0.15, -0.1) is 22.9 Å². The minimum absolute atomic E-state index is 0.234. The van der Waals surface area contributed by atoms with E-state index in [9.17, 15) is 0 Å². The van der Waals surface area contributed by atoms with Gasteiger partial charge in [0.15, 0.2) is 0 Å². The summed E-state index contributed by atoms with van der Waals surface area (Å²) in [6.07, 6.45) is 8.44. The van der Waals surface area contributed by atoms with Crippen LogP contribution in [0.2, 0.25) is 0 Å². The zero-order valence-corrected chi connectivity index (χ0v) is 15.3. The number of halogens is 1. The fourth-order valence-electron chi connectivity index (χ4n) is 7.01. The lowest BCUT2D eigenvalue weighted by atomic mass is 9.39. The molecular formula is C19H27ClS. The Morgan fingerprint density at radius 2 is 1.71 bits per heavy atom. The number of hydrogen-bond donors (Lipinski definition) is 0. The summed E-state index contributed by atoms with van der Waals surface area (Å²) in [4.78, 5) is 2.87. The molecule has 0 nitrogen and oxygen atoms in total. The summed E-state index contributed by atoms with van der Waals surface area (Å²) in [5, 5.41) is 0.234. The van der Waals surface area contributed by atoms with Crippen molar-refractivity contribution in [1.82, 2.24) is 0 Å². The van der Waals surface area contributed by atoms with Gasteiger partial charge in [-0.05, 0) is 86.2 Å². The number of rotatable bonds is 2. The van der Waals surface area contributed by atoms with Crippen molar-refractivity contribution in [2.24, 2.45) is 22.2 Å². The Bertz CT molecular complexity index is 568. The standard InChI is InChI=1S/C19H27ClS/c1-12-5-13(2)21-15(12)16(20)19-8-14-6-17(3,10-19)9-18(4,7-14)11-19/h5,14,16H,6-11H2,1-4H3. The van der Waals surface area contributed by atoms with Gasteiger partial charge in [0.05, 0.1) is 5.38 Å². The van der Waals surface area contributed by atoms with Gasteiger partial charge in [0.1, 0.15) is 0 Å². The molecule has 0 spiro atoms. The third-order valence-corrected chi connectivity index (χ3v) is 8.54. The predicted octanol–water partition coefficient (Wildman–Crippen LogP) is 6.64. The monoisotopic (exact) mass is 322 g/mol. The van der Waals surface area contributed by atoms with Crippen LogP contribution < -0.4 is 0 Å². The Balaban J connectivity index is 1.75. The predicted molar refractivity (Wildman–Crippen MR) is 92.2 cm³/mol. The van der Waals surface area contributed by atoms with Crippen molar-refractivity contribution in [3.05, 3.63) is 21.4 Å². The molecule has 0 radical (unpaired) electrons. The fraction of sp³-hybridized carbons (Fsp3) is 0.789. The second kappa shape index (κ2) is 4.29. The van der Waals surface area contributed by atoms with Crippen LogP contribution in [0.3, 0.4) is 0 Å². The van der Waals surface area contributed by atoms with Gasteiger partial charge in [-0.2, -0.15) is 0 Å². The van der Waals surface area contributed by atoms with Gasteiger partial charge < -0.3 is 0 Å². The van der Waals surface area contributed by atoms with Crippen molar-refractivity contribution in [2.45, 2.75) is 71.6 Å². The first kappa shape index (κ1) is 14.6. The number of alkyl halides is 1. The van der Waals surface area contributed by atoms with Gasteiger partial charge >= 0.3 is 0 Å². The second-order valence-corrected chi connectivity index (χ2v) is 11.0. The molecule has 3 unspecified atom stereocenters. The quantitative estimate of drug-likeness (QED) is 0.535. The fourth-order valence-corrected chi connectivity index (χ4v) is 8.71. The molecule has 0 aromatic carbocycles. The van der Waals surface area contributed by atoms with E-state index in [-0.39, 0.29) is 5.38 Å². The number of hydrogen-bond acceptors (Lipinski definition) is 1. The Hall–Kier alpha value is -0.0100. The third kappa shape index (κ3) is 2.14. The molecule has 3 atom stereocenters. The van der Waals surface area contributed by atoms with Gasteiger partial charge in [-0.1, -0.05) is 13.8 Å². The lowest BCUT2D eigenvalue weighted by Gasteiger charge is -2.66. The summed E-state index contributed by atoms with van der Waals surface area (Å²) in [7, 11) is 0. The van der Waals surface area contributed by atoms with Crippen LogP contribution in [0, 0.1) is 36.0 Å². The Morgan fingerprint density at radius 3 is 2.19 bits per heavy atom. The summed E-state index contributed by atoms with van der Waals surface area (Å²) in [5.41, 5.74) is 2.90. The molecule has 0 amide bonds. The first-order valence-corrected chi connectivity index (χ1v) is 9.69. The Kier molecular flexibility index (Phi) is 2.98. The van der Waals surface area contributed by atoms with E-state index in [1.807, 2.05) is 11.3 Å². The molecule has 2 heteroatoms. The van der Waals surface area contributed by atoms with Crippen molar-refractivity contribution in [3.8, 4) is 0 Å². The van der Waals surface area contributed by atoms with E-state index in [1.165, 1.54) is 53.8 Å². The number of aryl methyl sites for hydroxylation is 2. The van der Waals surface area contributed by atoms with Gasteiger partial charge in [0.25, 0.3) is 0 Å². The molecule has 0 saturated heterocycles. The maximum atomic E-state index is 7.18. The topological polar surface area (TPSA) is 0 Å². The highest BCUT2D eigenvalue weighted by Crippen LogP contribution is 2.73. The molecule has 4 aliphatic rings. The molecule has 0 aliphatic heterocycles. The number of thiophene rings is 1. The minimum Gasteiger partial charge on any atom is -0.144 e. The van der Waals surface area contributed by atoms with E-state index in [2.05, 4.69) is 33.8 Å². The average molecular weight is 323 g/mol. The highest BCUT2D eigenvalue weighted by atomic mass is 35.5. The van der Waals surface area contributed by atoms with Crippen LogP contribution in [0.25, 0.3) is 0 Å². The van der Waals surface area contributed by atoms with Crippen LogP contribution in [0.5, 0.6) is 0 Å². The lowest BCUT2D eigenvalue weighted by molar-refractivity contribution is -0.146. The van der Waals surface area contributed by atoms with Gasteiger partial charge in [0, 0.05) is 9.75 Å². The summed E-state index contributed by atoms with van der Waals surface area (Å²) < 4.78 is 0. The molecule has 4 fully saturated rings. The summed E-state index contributed by atoms with van der Waals surface area (Å²) in [6.45, 7) is 9.55. The Morgan fingerprint density at radius 1 is 1.10 bits per heavy atom. The molecule has 116 valence electrons. The lowest BCUT2D eigenvalue weighted by Crippen LogP contribution is -2.56. The van der Waals surface area contributed by atoms with Crippen LogP contribution in [-0.4, -0.2) is 0 Å². The van der Waals surface area contributed by atoms with Crippen LogP contribution in [0.1, 0.15) is 73.1 Å². The van der Waals surface area contributed by atoms with Crippen molar-refractivity contribution < 1.29 is 0 Å². The molecule has 5 rings (SSSR count). The average Bonchev–Trinajstić information content (AvgIpc) is 2.62. The van der Waals surface area contributed by atoms with Crippen LogP contribution in [0.4, 0.5) is 0 Å². The van der Waals surface area contributed by atoms with Crippen LogP contribution in [-0.2, 0) is 0 Å². The highest BCUT2D eigenvalue weighted by molar-refractivity contribution is 7.12. The second-order valence-electron chi connectivity index (χ2n) is 9.26. The molecule has 21 heavy (non-hydrogen) atoms. The third-order valence-electron chi connectivity index (χ3n) is 6.52. The summed E-state index contributed by atoms with van der Waals surface area (Å²) in [6, 6.07) is 2.32. The molecule has 1 aromatic heterocycles. The minimum atomic E-state index is 0.234. The Labute approximate surface area is 138 Å². The van der Waals surface area contributed by atoms with Gasteiger partial charge in [-0.25, -0.2) is 0 Å². The van der Waals surface area contributed by atoms with Crippen LogP contribution in [0.15, 0.2) is 6.07 Å².